The maximum Gasteiger partial charge on any atom is 0.298 e. The van der Waals surface area contributed by atoms with Crippen LogP contribution in [-0.2, 0) is 4.79 Å². The summed E-state index contributed by atoms with van der Waals surface area (Å²) >= 11 is 7.17. The van der Waals surface area contributed by atoms with Gasteiger partial charge in [-0.15, -0.1) is 0 Å². The first-order chi connectivity index (χ1) is 14.0. The van der Waals surface area contributed by atoms with Gasteiger partial charge in [-0.1, -0.05) is 48.0 Å². The predicted octanol–water partition coefficient (Wildman–Crippen LogP) is 3.05. The summed E-state index contributed by atoms with van der Waals surface area (Å²) in [5.74, 6) is -0.228. The molecule has 0 aromatic heterocycles. The monoisotopic (exact) mass is 428 g/mol. The summed E-state index contributed by atoms with van der Waals surface area (Å²) in [5, 5.41) is 0.361. The lowest BCUT2D eigenvalue weighted by Gasteiger charge is -2.35. The number of carbonyl (C=O) groups excluding carboxylic acids is 2. The van der Waals surface area contributed by atoms with Crippen molar-refractivity contribution in [3.05, 3.63) is 69.6 Å². The second-order valence-electron chi connectivity index (χ2n) is 7.31. The highest BCUT2D eigenvalue weighted by Gasteiger charge is 2.38. The molecule has 1 N–H and O–H groups in total. The van der Waals surface area contributed by atoms with Crippen LogP contribution in [0.25, 0.3) is 6.08 Å². The van der Waals surface area contributed by atoms with E-state index < -0.39 is 0 Å². The second-order valence-corrected chi connectivity index (χ2v) is 8.71. The van der Waals surface area contributed by atoms with Gasteiger partial charge in [-0.3, -0.25) is 9.59 Å². The van der Waals surface area contributed by atoms with Crippen molar-refractivity contribution in [1.29, 1.82) is 0 Å². The van der Waals surface area contributed by atoms with Gasteiger partial charge in [0, 0.05) is 10.7 Å². The molecule has 2 fully saturated rings. The van der Waals surface area contributed by atoms with Gasteiger partial charge in [-0.2, -0.15) is 0 Å². The molecule has 0 atom stereocenters. The van der Waals surface area contributed by atoms with Gasteiger partial charge in [0.05, 0.1) is 31.1 Å². The average molecular weight is 429 g/mol. The van der Waals surface area contributed by atoms with E-state index >= 15 is 0 Å². The Morgan fingerprint density at radius 1 is 1.07 bits per heavy atom. The van der Waals surface area contributed by atoms with Crippen LogP contribution in [0.4, 0.5) is 10.5 Å². The Morgan fingerprint density at radius 2 is 1.76 bits per heavy atom. The average Bonchev–Trinajstić information content (AvgIpc) is 2.98. The number of hydrogen-bond donors (Lipinski definition) is 1. The van der Waals surface area contributed by atoms with Crippen molar-refractivity contribution in [2.24, 2.45) is 0 Å². The molecule has 2 aromatic rings. The van der Waals surface area contributed by atoms with Crippen LogP contribution in [0.1, 0.15) is 11.1 Å². The van der Waals surface area contributed by atoms with E-state index in [2.05, 4.69) is 36.1 Å². The summed E-state index contributed by atoms with van der Waals surface area (Å²) in [6, 6.07) is 15.7. The Bertz CT molecular complexity index is 970. The van der Waals surface area contributed by atoms with Crippen LogP contribution in [0, 0.1) is 6.92 Å². The van der Waals surface area contributed by atoms with Crippen molar-refractivity contribution in [2.45, 2.75) is 6.92 Å². The lowest BCUT2D eigenvalue weighted by molar-refractivity contribution is -0.907. The molecule has 2 heterocycles. The molecule has 4 rings (SSSR count). The first kappa shape index (κ1) is 20.0. The maximum absolute atomic E-state index is 12.8. The van der Waals surface area contributed by atoms with E-state index in [1.807, 2.05) is 18.2 Å². The van der Waals surface area contributed by atoms with Crippen LogP contribution in [0.2, 0.25) is 5.02 Å². The largest absolute Gasteiger partial charge is 0.360 e. The number of nitrogens with one attached hydrogen (secondary N) is 1. The van der Waals surface area contributed by atoms with E-state index in [1.54, 1.807) is 12.1 Å². The number of anilines is 1. The number of rotatable bonds is 4. The highest BCUT2D eigenvalue weighted by atomic mass is 35.5. The molecule has 2 aliphatic rings. The Morgan fingerprint density at radius 3 is 2.48 bits per heavy atom. The fraction of sp³-hybridized carbons (Fsp3) is 0.273. The number of quaternary nitrogens is 1. The minimum Gasteiger partial charge on any atom is -0.360 e. The summed E-state index contributed by atoms with van der Waals surface area (Å²) in [4.78, 5) is 30.7. The van der Waals surface area contributed by atoms with Crippen molar-refractivity contribution in [3.8, 4) is 0 Å². The highest BCUT2D eigenvalue weighted by Crippen LogP contribution is 2.32. The highest BCUT2D eigenvalue weighted by molar-refractivity contribution is 8.18. The second kappa shape index (κ2) is 8.61. The Kier molecular flexibility index (Phi) is 5.94. The van der Waals surface area contributed by atoms with E-state index in [4.69, 9.17) is 11.6 Å². The van der Waals surface area contributed by atoms with Gasteiger partial charge in [-0.05, 0) is 48.0 Å². The van der Waals surface area contributed by atoms with Gasteiger partial charge in [0.15, 0.2) is 6.67 Å². The van der Waals surface area contributed by atoms with Crippen molar-refractivity contribution >= 4 is 46.3 Å². The van der Waals surface area contributed by atoms with Crippen LogP contribution in [-0.4, -0.2) is 48.9 Å². The third-order valence-electron chi connectivity index (χ3n) is 5.37. The van der Waals surface area contributed by atoms with E-state index in [0.717, 1.165) is 43.5 Å². The van der Waals surface area contributed by atoms with E-state index in [0.29, 0.717) is 16.6 Å². The molecule has 5 nitrogen and oxygen atoms in total. The topological polar surface area (TPSA) is 45.1 Å². The molecule has 0 aliphatic carbocycles. The van der Waals surface area contributed by atoms with E-state index in [1.165, 1.54) is 21.1 Å². The fourth-order valence-electron chi connectivity index (χ4n) is 3.73. The SMILES string of the molecule is Cc1ccccc1N1CC[NH+](CN2C(=O)S/C(=C/c3ccccc3Cl)C2=O)CC1. The van der Waals surface area contributed by atoms with Crippen molar-refractivity contribution < 1.29 is 14.5 Å². The van der Waals surface area contributed by atoms with Gasteiger partial charge in [0.1, 0.15) is 0 Å². The molecule has 0 bridgehead atoms. The van der Waals surface area contributed by atoms with Crippen molar-refractivity contribution in [2.75, 3.05) is 37.7 Å². The van der Waals surface area contributed by atoms with Crippen LogP contribution in [0.3, 0.4) is 0 Å². The molecule has 2 aromatic carbocycles. The van der Waals surface area contributed by atoms with Crippen LogP contribution < -0.4 is 9.80 Å². The summed E-state index contributed by atoms with van der Waals surface area (Å²) < 4.78 is 0. The zero-order valence-corrected chi connectivity index (χ0v) is 17.8. The summed E-state index contributed by atoms with van der Waals surface area (Å²) in [5.41, 5.74) is 3.28. The Balaban J connectivity index is 1.39. The van der Waals surface area contributed by atoms with Crippen LogP contribution in [0.15, 0.2) is 53.4 Å². The molecule has 7 heteroatoms. The van der Waals surface area contributed by atoms with Crippen LogP contribution >= 0.6 is 23.4 Å². The summed E-state index contributed by atoms with van der Waals surface area (Å²) in [6.45, 7) is 6.13. The molecule has 0 spiro atoms. The molecule has 29 heavy (non-hydrogen) atoms. The van der Waals surface area contributed by atoms with Gasteiger partial charge < -0.3 is 9.80 Å². The molecule has 2 saturated heterocycles. The smallest absolute Gasteiger partial charge is 0.298 e. The lowest BCUT2D eigenvalue weighted by atomic mass is 10.1. The fourth-order valence-corrected chi connectivity index (χ4v) is 4.75. The number of aryl methyl sites for hydroxylation is 1. The Hall–Kier alpha value is -2.28. The quantitative estimate of drug-likeness (QED) is 0.760. The zero-order chi connectivity index (χ0) is 20.4. The third kappa shape index (κ3) is 4.34. The van der Waals surface area contributed by atoms with Gasteiger partial charge in [0.2, 0.25) is 0 Å². The first-order valence-corrected chi connectivity index (χ1v) is 10.9. The number of amides is 2. The zero-order valence-electron chi connectivity index (χ0n) is 16.2. The number of imide groups is 1. The van der Waals surface area contributed by atoms with Gasteiger partial charge in [-0.25, -0.2) is 4.90 Å². The number of para-hydroxylation sites is 1. The number of piperazine rings is 1. The van der Waals surface area contributed by atoms with Crippen LogP contribution in [0.5, 0.6) is 0 Å². The number of halogens is 1. The standard InChI is InChI=1S/C22H22ClN3O2S/c1-16-6-2-5-9-19(16)25-12-10-24(11-13-25)15-26-21(27)20(29-22(26)28)14-17-7-3-4-8-18(17)23/h2-9,14H,10-13,15H2,1H3/p+1/b20-14+. The summed E-state index contributed by atoms with van der Waals surface area (Å²) in [7, 11) is 0. The number of nitrogens with zero attached hydrogens (tertiary/aromatic N) is 2. The summed E-state index contributed by atoms with van der Waals surface area (Å²) in [6.07, 6.45) is 1.71. The minimum absolute atomic E-state index is 0.206. The normalized spacial score (nSPS) is 19.4. The lowest BCUT2D eigenvalue weighted by Crippen LogP contribution is -3.16. The number of benzene rings is 2. The number of thioether (sulfide) groups is 1. The molecular weight excluding hydrogens is 406 g/mol. The molecular formula is C22H23ClN3O2S+. The van der Waals surface area contributed by atoms with Crippen molar-refractivity contribution in [1.82, 2.24) is 4.90 Å². The molecule has 0 radical (unpaired) electrons. The first-order valence-electron chi connectivity index (χ1n) is 9.67. The molecule has 0 saturated carbocycles. The van der Waals surface area contributed by atoms with E-state index in [-0.39, 0.29) is 11.1 Å². The Labute approximate surface area is 179 Å². The molecule has 2 aliphatic heterocycles. The van der Waals surface area contributed by atoms with Gasteiger partial charge >= 0.3 is 0 Å². The maximum atomic E-state index is 12.8. The molecule has 2 amide bonds. The third-order valence-corrected chi connectivity index (χ3v) is 6.63. The molecule has 0 unspecified atom stereocenters. The van der Waals surface area contributed by atoms with E-state index in [9.17, 15) is 9.59 Å². The minimum atomic E-state index is -0.228. The number of hydrogen-bond acceptors (Lipinski definition) is 4. The van der Waals surface area contributed by atoms with Crippen molar-refractivity contribution in [3.63, 3.8) is 0 Å². The molecule has 150 valence electrons. The number of carbonyl (C=O) groups is 2. The van der Waals surface area contributed by atoms with Gasteiger partial charge in [0.25, 0.3) is 11.1 Å². The predicted molar refractivity (Wildman–Crippen MR) is 118 cm³/mol.